The summed E-state index contributed by atoms with van der Waals surface area (Å²) in [4.78, 5) is 57.8. The number of unbranched alkanes of at least 4 members (excludes halogenated alkanes) is 1. The van der Waals surface area contributed by atoms with Crippen LogP contribution in [0.5, 0.6) is 0 Å². The van der Waals surface area contributed by atoms with Gasteiger partial charge in [-0.15, -0.1) is 0 Å². The van der Waals surface area contributed by atoms with Crippen LogP contribution < -0.4 is 11.1 Å². The Bertz CT molecular complexity index is 1430. The average Bonchev–Trinajstić information content (AvgIpc) is 3.43. The second-order valence-electron chi connectivity index (χ2n) is 12.2. The Balaban J connectivity index is 1.89. The number of H-pyrrole nitrogens is 1. The summed E-state index contributed by atoms with van der Waals surface area (Å²) in [6.45, 7) is 7.49. The lowest BCUT2D eigenvalue weighted by molar-refractivity contribution is -0.164. The maximum atomic E-state index is 14.3. The zero-order valence-electron chi connectivity index (χ0n) is 27.5. The summed E-state index contributed by atoms with van der Waals surface area (Å²) in [6.07, 6.45) is 3.36. The van der Waals surface area contributed by atoms with Gasteiger partial charge in [0.2, 0.25) is 5.91 Å². The maximum absolute atomic E-state index is 14.3. The summed E-state index contributed by atoms with van der Waals surface area (Å²) in [5, 5.41) is 3.59. The fourth-order valence-corrected chi connectivity index (χ4v) is 5.33. The van der Waals surface area contributed by atoms with Crippen LogP contribution >= 0.6 is 0 Å². The van der Waals surface area contributed by atoms with Crippen molar-refractivity contribution in [3.05, 3.63) is 71.9 Å². The van der Waals surface area contributed by atoms with E-state index in [0.29, 0.717) is 25.8 Å². The zero-order chi connectivity index (χ0) is 33.7. The van der Waals surface area contributed by atoms with Gasteiger partial charge in [-0.2, -0.15) is 0 Å². The van der Waals surface area contributed by atoms with E-state index in [1.54, 1.807) is 33.9 Å². The van der Waals surface area contributed by atoms with Crippen LogP contribution in [0.15, 0.2) is 60.8 Å². The van der Waals surface area contributed by atoms with Gasteiger partial charge >= 0.3 is 18.0 Å². The number of nitrogens with two attached hydrogens (primary N) is 1. The molecule has 1 aromatic heterocycles. The van der Waals surface area contributed by atoms with Gasteiger partial charge in [-0.1, -0.05) is 48.5 Å². The molecular weight excluding hydrogens is 588 g/mol. The topological polar surface area (TPSA) is 153 Å². The Kier molecular flexibility index (Phi) is 13.6. The van der Waals surface area contributed by atoms with E-state index in [9.17, 15) is 19.2 Å². The van der Waals surface area contributed by atoms with Crippen molar-refractivity contribution in [3.8, 4) is 0 Å². The number of carbonyl (C=O) groups is 4. The van der Waals surface area contributed by atoms with Gasteiger partial charge in [0.25, 0.3) is 0 Å². The quantitative estimate of drug-likeness (QED) is 0.117. The minimum Gasteiger partial charge on any atom is -0.467 e. The van der Waals surface area contributed by atoms with Gasteiger partial charge in [-0.3, -0.25) is 4.79 Å². The number of hydrogen-bond acceptors (Lipinski definition) is 8. The summed E-state index contributed by atoms with van der Waals surface area (Å²) < 4.78 is 15.9. The van der Waals surface area contributed by atoms with Gasteiger partial charge in [0, 0.05) is 30.1 Å². The van der Waals surface area contributed by atoms with Crippen LogP contribution in [-0.4, -0.2) is 77.8 Å². The molecule has 0 unspecified atom stereocenters. The predicted molar refractivity (Wildman–Crippen MR) is 176 cm³/mol. The summed E-state index contributed by atoms with van der Waals surface area (Å²) in [5.41, 5.74) is 8.52. The molecule has 3 atom stereocenters. The van der Waals surface area contributed by atoms with Crippen molar-refractivity contribution in [2.75, 3.05) is 20.3 Å². The van der Waals surface area contributed by atoms with Crippen LogP contribution in [-0.2, 0) is 41.4 Å². The molecule has 250 valence electrons. The molecule has 3 rings (SSSR count). The van der Waals surface area contributed by atoms with Crippen molar-refractivity contribution in [1.29, 1.82) is 0 Å². The first-order valence-corrected chi connectivity index (χ1v) is 15.8. The van der Waals surface area contributed by atoms with E-state index in [1.807, 2.05) is 54.6 Å². The lowest BCUT2D eigenvalue weighted by atomic mass is 9.96. The summed E-state index contributed by atoms with van der Waals surface area (Å²) >= 11 is 0. The molecule has 0 fully saturated rings. The lowest BCUT2D eigenvalue weighted by Crippen LogP contribution is -2.59. The maximum Gasteiger partial charge on any atom is 0.407 e. The molecule has 0 spiro atoms. The molecule has 11 heteroatoms. The van der Waals surface area contributed by atoms with E-state index < -0.39 is 47.7 Å². The van der Waals surface area contributed by atoms with Crippen LogP contribution in [0.3, 0.4) is 0 Å². The second-order valence-corrected chi connectivity index (χ2v) is 12.2. The number of alkyl carbamates (subject to hydrolysis) is 1. The number of aryl methyl sites for hydroxylation is 1. The zero-order valence-corrected chi connectivity index (χ0v) is 27.5. The molecule has 4 N–H and O–H groups in total. The number of esters is 2. The van der Waals surface area contributed by atoms with E-state index in [2.05, 4.69) is 10.3 Å². The van der Waals surface area contributed by atoms with Gasteiger partial charge in [-0.25, -0.2) is 14.4 Å². The largest absolute Gasteiger partial charge is 0.467 e. The number of ether oxygens (including phenoxy) is 3. The second kappa shape index (κ2) is 17.4. The van der Waals surface area contributed by atoms with E-state index in [4.69, 9.17) is 19.9 Å². The minimum absolute atomic E-state index is 0.0934. The van der Waals surface area contributed by atoms with Gasteiger partial charge in [0.05, 0.1) is 19.8 Å². The van der Waals surface area contributed by atoms with Crippen molar-refractivity contribution in [2.45, 2.75) is 89.9 Å². The number of fused-ring (bicyclic) bond motifs is 1. The first kappa shape index (κ1) is 36.1. The monoisotopic (exact) mass is 636 g/mol. The van der Waals surface area contributed by atoms with Crippen LogP contribution in [0, 0.1) is 0 Å². The molecule has 0 saturated heterocycles. The number of rotatable bonds is 16. The van der Waals surface area contributed by atoms with Gasteiger partial charge in [-0.05, 0) is 77.0 Å². The van der Waals surface area contributed by atoms with Gasteiger partial charge in [0.1, 0.15) is 17.7 Å². The van der Waals surface area contributed by atoms with Crippen molar-refractivity contribution in [1.82, 2.24) is 15.2 Å². The first-order valence-electron chi connectivity index (χ1n) is 15.8. The number of carbonyl (C=O) groups excluding carboxylic acids is 4. The van der Waals surface area contributed by atoms with Crippen LogP contribution in [0.4, 0.5) is 4.79 Å². The molecule has 0 bridgehead atoms. The number of para-hydroxylation sites is 1. The molecular formula is C35H48N4O7. The highest BCUT2D eigenvalue weighted by Crippen LogP contribution is 2.25. The third-order valence-corrected chi connectivity index (χ3v) is 7.52. The van der Waals surface area contributed by atoms with Crippen molar-refractivity contribution in [3.63, 3.8) is 0 Å². The molecule has 0 saturated carbocycles. The molecule has 2 aromatic carbocycles. The number of aromatic amines is 1. The number of aromatic nitrogens is 1. The highest BCUT2D eigenvalue weighted by atomic mass is 16.6. The Morgan fingerprint density at radius 2 is 1.63 bits per heavy atom. The number of nitrogens with one attached hydrogen (secondary N) is 2. The third kappa shape index (κ3) is 10.6. The molecule has 3 aromatic rings. The minimum atomic E-state index is -1.15. The fourth-order valence-electron chi connectivity index (χ4n) is 5.33. The highest BCUT2D eigenvalue weighted by Gasteiger charge is 2.42. The van der Waals surface area contributed by atoms with E-state index in [-0.39, 0.29) is 25.9 Å². The van der Waals surface area contributed by atoms with Gasteiger partial charge in [0.15, 0.2) is 0 Å². The first-order chi connectivity index (χ1) is 21.9. The van der Waals surface area contributed by atoms with Crippen LogP contribution in [0.25, 0.3) is 10.9 Å². The molecule has 2 amide bonds. The Morgan fingerprint density at radius 3 is 2.30 bits per heavy atom. The molecule has 0 aliphatic rings. The van der Waals surface area contributed by atoms with Crippen molar-refractivity contribution < 1.29 is 33.4 Å². The molecule has 0 aliphatic carbocycles. The van der Waals surface area contributed by atoms with Crippen LogP contribution in [0.2, 0.25) is 0 Å². The summed E-state index contributed by atoms with van der Waals surface area (Å²) in [6, 6.07) is 14.0. The number of methoxy groups -OCH3 is 1. The van der Waals surface area contributed by atoms with E-state index in [0.717, 1.165) is 22.0 Å². The molecule has 1 heterocycles. The van der Waals surface area contributed by atoms with Gasteiger partial charge < -0.3 is 35.1 Å². The smallest absolute Gasteiger partial charge is 0.407 e. The summed E-state index contributed by atoms with van der Waals surface area (Å²) in [7, 11) is 1.26. The van der Waals surface area contributed by atoms with E-state index in [1.165, 1.54) is 12.0 Å². The normalized spacial score (nSPS) is 13.3. The van der Waals surface area contributed by atoms with Crippen molar-refractivity contribution >= 4 is 34.8 Å². The standard InChI is InChI=1S/C35H48N4O7/c1-6-45-33(42)29(20-19-24-14-8-7-9-15-24)39(31(40)27(36)17-12-13-21-37-34(43)46-35(2,3)4)30(32(41)44-5)22-25-23-38-28-18-11-10-16-26(25)28/h7-11,14-16,18,23,27,29-30,38H,6,12-13,17,19-22,36H2,1-5H3,(H,37,43)/t27-,29+,30-/m0/s1. The number of amides is 2. The summed E-state index contributed by atoms with van der Waals surface area (Å²) in [5.74, 6) is -1.84. The Labute approximate surface area is 271 Å². The Morgan fingerprint density at radius 1 is 0.935 bits per heavy atom. The number of nitrogens with zero attached hydrogens (tertiary/aromatic N) is 1. The highest BCUT2D eigenvalue weighted by molar-refractivity contribution is 5.92. The molecule has 0 radical (unpaired) electrons. The fraction of sp³-hybridized carbons (Fsp3) is 0.486. The average molecular weight is 637 g/mol. The molecule has 46 heavy (non-hydrogen) atoms. The molecule has 0 aliphatic heterocycles. The van der Waals surface area contributed by atoms with E-state index >= 15 is 0 Å². The predicted octanol–water partition coefficient (Wildman–Crippen LogP) is 4.67. The Hall–Kier alpha value is -4.38. The lowest BCUT2D eigenvalue weighted by Gasteiger charge is -2.37. The number of benzene rings is 2. The van der Waals surface area contributed by atoms with Crippen LogP contribution in [0.1, 0.15) is 64.5 Å². The number of hydrogen-bond donors (Lipinski definition) is 3. The van der Waals surface area contributed by atoms with Crippen molar-refractivity contribution in [2.24, 2.45) is 5.73 Å². The third-order valence-electron chi connectivity index (χ3n) is 7.52. The SMILES string of the molecule is CCOC(=O)[C@@H](CCc1ccccc1)N(C(=O)[C@@H](N)CCCCNC(=O)OC(C)(C)C)[C@@H](Cc1c[nH]c2ccccc12)C(=O)OC. The molecule has 11 nitrogen and oxygen atoms in total.